The fourth-order valence-electron chi connectivity index (χ4n) is 2.43. The molecule has 1 aromatic carbocycles. The van der Waals surface area contributed by atoms with Crippen LogP contribution in [-0.4, -0.2) is 28.0 Å². The van der Waals surface area contributed by atoms with Crippen molar-refractivity contribution in [3.8, 4) is 0 Å². The monoisotopic (exact) mass is 276 g/mol. The number of benzene rings is 1. The first-order chi connectivity index (χ1) is 9.52. The Bertz CT molecular complexity index is 689. The van der Waals surface area contributed by atoms with E-state index in [0.29, 0.717) is 29.4 Å². The summed E-state index contributed by atoms with van der Waals surface area (Å²) in [7, 11) is 0. The number of amides is 1. The van der Waals surface area contributed by atoms with E-state index >= 15 is 0 Å². The molecular weight excluding hydrogens is 263 g/mol. The highest BCUT2D eigenvalue weighted by Crippen LogP contribution is 2.27. The van der Waals surface area contributed by atoms with Crippen molar-refractivity contribution in [3.05, 3.63) is 35.8 Å². The van der Waals surface area contributed by atoms with Crippen LogP contribution in [0, 0.1) is 11.7 Å². The van der Waals surface area contributed by atoms with Crippen molar-refractivity contribution in [1.82, 2.24) is 10.3 Å². The molecule has 0 unspecified atom stereocenters. The van der Waals surface area contributed by atoms with Crippen LogP contribution in [0.5, 0.6) is 0 Å². The first kappa shape index (κ1) is 12.7. The van der Waals surface area contributed by atoms with Crippen LogP contribution in [0.15, 0.2) is 24.3 Å². The maximum Gasteiger partial charge on any atom is 0.306 e. The molecule has 1 amide bonds. The van der Waals surface area contributed by atoms with Gasteiger partial charge in [0.1, 0.15) is 11.5 Å². The zero-order valence-electron chi connectivity index (χ0n) is 10.5. The molecule has 1 heterocycles. The Morgan fingerprint density at radius 3 is 2.75 bits per heavy atom. The number of aliphatic carboxylic acids is 1. The van der Waals surface area contributed by atoms with E-state index in [4.69, 9.17) is 5.11 Å². The van der Waals surface area contributed by atoms with Crippen LogP contribution in [0.1, 0.15) is 23.3 Å². The van der Waals surface area contributed by atoms with Gasteiger partial charge in [-0.1, -0.05) is 0 Å². The summed E-state index contributed by atoms with van der Waals surface area (Å²) in [5.74, 6) is -1.84. The lowest BCUT2D eigenvalue weighted by Crippen LogP contribution is -2.46. The molecule has 104 valence electrons. The van der Waals surface area contributed by atoms with Crippen molar-refractivity contribution in [1.29, 1.82) is 0 Å². The average molecular weight is 276 g/mol. The molecule has 0 bridgehead atoms. The summed E-state index contributed by atoms with van der Waals surface area (Å²) in [6.07, 6.45) is 0.909. The van der Waals surface area contributed by atoms with Crippen LogP contribution in [0.4, 0.5) is 4.39 Å². The third-order valence-electron chi connectivity index (χ3n) is 3.65. The summed E-state index contributed by atoms with van der Waals surface area (Å²) in [5.41, 5.74) is 1.04. The number of nitrogens with one attached hydrogen (secondary N) is 2. The number of rotatable bonds is 3. The fourth-order valence-corrected chi connectivity index (χ4v) is 2.43. The van der Waals surface area contributed by atoms with Crippen LogP contribution in [0.3, 0.4) is 0 Å². The van der Waals surface area contributed by atoms with Gasteiger partial charge in [-0.3, -0.25) is 9.59 Å². The molecular formula is C14H13FN2O3. The molecule has 3 N–H and O–H groups in total. The molecule has 6 heteroatoms. The summed E-state index contributed by atoms with van der Waals surface area (Å²) in [6, 6.07) is 5.73. The van der Waals surface area contributed by atoms with E-state index in [1.165, 1.54) is 12.1 Å². The second kappa shape index (κ2) is 4.63. The number of aromatic nitrogens is 1. The second-order valence-corrected chi connectivity index (χ2v) is 5.09. The molecule has 20 heavy (non-hydrogen) atoms. The Hall–Kier alpha value is -2.37. The maximum atomic E-state index is 13.1. The molecule has 1 aliphatic carbocycles. The van der Waals surface area contributed by atoms with Crippen LogP contribution < -0.4 is 5.32 Å². The number of H-pyrrole nitrogens is 1. The van der Waals surface area contributed by atoms with Gasteiger partial charge in [0, 0.05) is 16.9 Å². The molecule has 2 aromatic rings. The zero-order valence-corrected chi connectivity index (χ0v) is 10.5. The average Bonchev–Trinajstić information content (AvgIpc) is 2.75. The molecule has 0 atom stereocenters. The van der Waals surface area contributed by atoms with Gasteiger partial charge >= 0.3 is 5.97 Å². The largest absolute Gasteiger partial charge is 0.481 e. The molecule has 0 radical (unpaired) electrons. The Labute approximate surface area is 113 Å². The molecule has 0 spiro atoms. The minimum atomic E-state index is -0.823. The first-order valence-electron chi connectivity index (χ1n) is 6.35. The van der Waals surface area contributed by atoms with Crippen LogP contribution >= 0.6 is 0 Å². The number of hydrogen-bond donors (Lipinski definition) is 3. The molecule has 1 aromatic heterocycles. The second-order valence-electron chi connectivity index (χ2n) is 5.09. The minimum absolute atomic E-state index is 0.105. The highest BCUT2D eigenvalue weighted by Gasteiger charge is 2.35. The Balaban J connectivity index is 1.69. The molecule has 1 fully saturated rings. The number of hydrogen-bond acceptors (Lipinski definition) is 2. The third kappa shape index (κ3) is 2.24. The van der Waals surface area contributed by atoms with Gasteiger partial charge in [0.25, 0.3) is 5.91 Å². The van der Waals surface area contributed by atoms with E-state index in [0.717, 1.165) is 0 Å². The van der Waals surface area contributed by atoms with Crippen LogP contribution in [0.2, 0.25) is 0 Å². The fraction of sp³-hybridized carbons (Fsp3) is 0.286. The van der Waals surface area contributed by atoms with E-state index in [1.54, 1.807) is 12.1 Å². The van der Waals surface area contributed by atoms with Gasteiger partial charge < -0.3 is 15.4 Å². The van der Waals surface area contributed by atoms with Gasteiger partial charge in [0.05, 0.1) is 5.92 Å². The van der Waals surface area contributed by atoms with Gasteiger partial charge in [-0.2, -0.15) is 0 Å². The Kier molecular flexibility index (Phi) is 2.93. The number of carboxylic acids is 1. The predicted octanol–water partition coefficient (Wildman–Crippen LogP) is 1.90. The smallest absolute Gasteiger partial charge is 0.306 e. The van der Waals surface area contributed by atoms with Crippen molar-refractivity contribution in [2.45, 2.75) is 18.9 Å². The summed E-state index contributed by atoms with van der Waals surface area (Å²) in [4.78, 5) is 25.6. The van der Waals surface area contributed by atoms with Crippen molar-refractivity contribution in [3.63, 3.8) is 0 Å². The number of carbonyl (C=O) groups is 2. The lowest BCUT2D eigenvalue weighted by Gasteiger charge is -2.32. The number of aromatic amines is 1. The first-order valence-corrected chi connectivity index (χ1v) is 6.35. The van der Waals surface area contributed by atoms with Crippen molar-refractivity contribution < 1.29 is 19.1 Å². The third-order valence-corrected chi connectivity index (χ3v) is 3.65. The molecule has 3 rings (SSSR count). The minimum Gasteiger partial charge on any atom is -0.481 e. The van der Waals surface area contributed by atoms with E-state index in [-0.39, 0.29) is 23.7 Å². The Morgan fingerprint density at radius 1 is 1.30 bits per heavy atom. The van der Waals surface area contributed by atoms with Crippen molar-refractivity contribution >= 4 is 22.8 Å². The molecule has 0 aliphatic heterocycles. The lowest BCUT2D eigenvalue weighted by atomic mass is 9.80. The van der Waals surface area contributed by atoms with Gasteiger partial charge in [-0.15, -0.1) is 0 Å². The number of carboxylic acid groups (broad SMARTS) is 1. The number of carbonyl (C=O) groups excluding carboxylic acids is 1. The number of fused-ring (bicyclic) bond motifs is 1. The van der Waals surface area contributed by atoms with Crippen LogP contribution in [0.25, 0.3) is 10.9 Å². The molecule has 0 saturated heterocycles. The highest BCUT2D eigenvalue weighted by atomic mass is 19.1. The summed E-state index contributed by atoms with van der Waals surface area (Å²) in [6.45, 7) is 0. The van der Waals surface area contributed by atoms with Crippen molar-refractivity contribution in [2.24, 2.45) is 5.92 Å². The molecule has 1 aliphatic rings. The van der Waals surface area contributed by atoms with E-state index in [1.807, 2.05) is 0 Å². The Morgan fingerprint density at radius 2 is 2.05 bits per heavy atom. The van der Waals surface area contributed by atoms with Gasteiger partial charge in [0.2, 0.25) is 0 Å². The summed E-state index contributed by atoms with van der Waals surface area (Å²) < 4.78 is 13.1. The van der Waals surface area contributed by atoms with Crippen molar-refractivity contribution in [2.75, 3.05) is 0 Å². The topological polar surface area (TPSA) is 82.2 Å². The quantitative estimate of drug-likeness (QED) is 0.800. The maximum absolute atomic E-state index is 13.1. The zero-order chi connectivity index (χ0) is 14.3. The van der Waals surface area contributed by atoms with Gasteiger partial charge in [-0.25, -0.2) is 4.39 Å². The van der Waals surface area contributed by atoms with E-state index in [2.05, 4.69) is 10.3 Å². The molecule has 1 saturated carbocycles. The standard InChI is InChI=1S/C14H13FN2O3/c15-9-1-2-11-7(3-9)6-12(17-11)13(18)16-10-4-8(5-10)14(19)20/h1-3,6,8,10,17H,4-5H2,(H,16,18)(H,19,20). The SMILES string of the molecule is O=C(NC1CC(C(=O)O)C1)c1cc2cc(F)ccc2[nH]1. The number of halogens is 1. The van der Waals surface area contributed by atoms with E-state index in [9.17, 15) is 14.0 Å². The summed E-state index contributed by atoms with van der Waals surface area (Å²) in [5, 5.41) is 12.2. The van der Waals surface area contributed by atoms with Crippen LogP contribution in [-0.2, 0) is 4.79 Å². The molecule has 5 nitrogen and oxygen atoms in total. The normalized spacial score (nSPS) is 21.4. The highest BCUT2D eigenvalue weighted by molar-refractivity contribution is 5.98. The predicted molar refractivity (Wildman–Crippen MR) is 69.9 cm³/mol. The van der Waals surface area contributed by atoms with E-state index < -0.39 is 5.97 Å². The van der Waals surface area contributed by atoms with Gasteiger partial charge in [0.15, 0.2) is 0 Å². The lowest BCUT2D eigenvalue weighted by molar-refractivity contribution is -0.145. The summed E-state index contributed by atoms with van der Waals surface area (Å²) >= 11 is 0. The van der Waals surface area contributed by atoms with Gasteiger partial charge in [-0.05, 0) is 37.1 Å².